The van der Waals surface area contributed by atoms with E-state index in [9.17, 15) is 12.8 Å². The summed E-state index contributed by atoms with van der Waals surface area (Å²) in [5.41, 5.74) is 0. The lowest BCUT2D eigenvalue weighted by Gasteiger charge is -2.05. The van der Waals surface area contributed by atoms with Gasteiger partial charge in [-0.05, 0) is 0 Å². The van der Waals surface area contributed by atoms with Gasteiger partial charge in [-0.2, -0.15) is 8.42 Å². The van der Waals surface area contributed by atoms with Crippen LogP contribution in [0.2, 0.25) is 0 Å². The van der Waals surface area contributed by atoms with Crippen molar-refractivity contribution in [3.8, 4) is 11.5 Å². The smallest absolute Gasteiger partial charge is 0.306 e. The maximum atomic E-state index is 12.8. The number of benzene rings is 1. The van der Waals surface area contributed by atoms with Gasteiger partial charge in [-0.15, -0.1) is 0 Å². The van der Waals surface area contributed by atoms with Gasteiger partial charge in [0.05, 0.1) is 13.4 Å². The van der Waals surface area contributed by atoms with Crippen LogP contribution in [0.25, 0.3) is 0 Å². The molecular formula is C8H9FO4S. The zero-order chi connectivity index (χ0) is 10.8. The van der Waals surface area contributed by atoms with Crippen molar-refractivity contribution in [2.75, 3.05) is 13.4 Å². The first-order valence-electron chi connectivity index (χ1n) is 3.65. The second-order valence-corrected chi connectivity index (χ2v) is 4.19. The fourth-order valence-electron chi connectivity index (χ4n) is 0.878. The van der Waals surface area contributed by atoms with Crippen LogP contribution in [0.15, 0.2) is 18.2 Å². The molecule has 0 saturated carbocycles. The van der Waals surface area contributed by atoms with Gasteiger partial charge in [0, 0.05) is 18.2 Å². The molecule has 78 valence electrons. The topological polar surface area (TPSA) is 52.6 Å². The van der Waals surface area contributed by atoms with Gasteiger partial charge in [0.15, 0.2) is 0 Å². The maximum absolute atomic E-state index is 12.8. The zero-order valence-corrected chi connectivity index (χ0v) is 8.47. The van der Waals surface area contributed by atoms with Gasteiger partial charge in [-0.3, -0.25) is 0 Å². The molecule has 0 saturated heterocycles. The van der Waals surface area contributed by atoms with Crippen molar-refractivity contribution in [1.29, 1.82) is 0 Å². The van der Waals surface area contributed by atoms with Crippen LogP contribution < -0.4 is 8.92 Å². The third kappa shape index (κ3) is 3.21. The summed E-state index contributed by atoms with van der Waals surface area (Å²) < 4.78 is 43.5. The average molecular weight is 220 g/mol. The first-order valence-corrected chi connectivity index (χ1v) is 5.46. The van der Waals surface area contributed by atoms with Crippen LogP contribution in [-0.4, -0.2) is 21.8 Å². The van der Waals surface area contributed by atoms with Crippen molar-refractivity contribution in [3.63, 3.8) is 0 Å². The van der Waals surface area contributed by atoms with Gasteiger partial charge in [0.1, 0.15) is 17.3 Å². The minimum atomic E-state index is -3.64. The van der Waals surface area contributed by atoms with E-state index in [1.807, 2.05) is 0 Å². The van der Waals surface area contributed by atoms with Crippen LogP contribution >= 0.6 is 0 Å². The van der Waals surface area contributed by atoms with E-state index in [1.54, 1.807) is 0 Å². The molecule has 0 aromatic heterocycles. The molecule has 14 heavy (non-hydrogen) atoms. The lowest BCUT2D eigenvalue weighted by molar-refractivity contribution is 0.407. The van der Waals surface area contributed by atoms with Gasteiger partial charge in [0.2, 0.25) is 0 Å². The van der Waals surface area contributed by atoms with Crippen LogP contribution in [0.5, 0.6) is 11.5 Å². The number of hydrogen-bond acceptors (Lipinski definition) is 4. The molecule has 0 spiro atoms. The molecule has 0 aliphatic rings. The largest absolute Gasteiger partial charge is 0.497 e. The fourth-order valence-corrected chi connectivity index (χ4v) is 1.32. The lowest BCUT2D eigenvalue weighted by Crippen LogP contribution is -2.06. The Kier molecular flexibility index (Phi) is 2.95. The van der Waals surface area contributed by atoms with Gasteiger partial charge in [-0.1, -0.05) is 0 Å². The van der Waals surface area contributed by atoms with Crippen molar-refractivity contribution in [1.82, 2.24) is 0 Å². The molecule has 1 rings (SSSR count). The minimum absolute atomic E-state index is 0.107. The molecule has 0 aliphatic heterocycles. The van der Waals surface area contributed by atoms with E-state index in [4.69, 9.17) is 4.74 Å². The van der Waals surface area contributed by atoms with E-state index in [2.05, 4.69) is 4.18 Å². The number of hydrogen-bond donors (Lipinski definition) is 0. The molecule has 6 heteroatoms. The summed E-state index contributed by atoms with van der Waals surface area (Å²) in [7, 11) is -2.29. The van der Waals surface area contributed by atoms with Crippen LogP contribution in [-0.2, 0) is 10.1 Å². The van der Waals surface area contributed by atoms with Crippen molar-refractivity contribution in [2.45, 2.75) is 0 Å². The van der Waals surface area contributed by atoms with Crippen LogP contribution in [0, 0.1) is 5.82 Å². The first kappa shape index (κ1) is 10.8. The maximum Gasteiger partial charge on any atom is 0.306 e. The minimum Gasteiger partial charge on any atom is -0.497 e. The monoisotopic (exact) mass is 220 g/mol. The molecule has 0 heterocycles. The predicted molar refractivity (Wildman–Crippen MR) is 48.4 cm³/mol. The molecule has 0 unspecified atom stereocenters. The third-order valence-corrected chi connectivity index (χ3v) is 1.82. The molecule has 0 aliphatic carbocycles. The van der Waals surface area contributed by atoms with Gasteiger partial charge in [-0.25, -0.2) is 4.39 Å². The summed E-state index contributed by atoms with van der Waals surface area (Å²) in [6.07, 6.45) is 0.879. The Morgan fingerprint density at radius 3 is 2.29 bits per heavy atom. The fraction of sp³-hybridized carbons (Fsp3) is 0.250. The highest BCUT2D eigenvalue weighted by Gasteiger charge is 2.07. The van der Waals surface area contributed by atoms with E-state index in [0.29, 0.717) is 0 Å². The molecule has 0 amide bonds. The molecule has 0 radical (unpaired) electrons. The second kappa shape index (κ2) is 3.83. The van der Waals surface area contributed by atoms with E-state index >= 15 is 0 Å². The molecule has 4 nitrogen and oxygen atoms in total. The van der Waals surface area contributed by atoms with Crippen molar-refractivity contribution < 1.29 is 21.7 Å². The number of rotatable bonds is 3. The van der Waals surface area contributed by atoms with Crippen LogP contribution in [0.4, 0.5) is 4.39 Å². The Bertz CT molecular complexity index is 427. The lowest BCUT2D eigenvalue weighted by atomic mass is 10.3. The Hall–Kier alpha value is -1.30. The molecule has 0 bridgehead atoms. The Morgan fingerprint density at radius 1 is 1.21 bits per heavy atom. The van der Waals surface area contributed by atoms with Gasteiger partial charge < -0.3 is 8.92 Å². The third-order valence-electron chi connectivity index (χ3n) is 1.33. The number of methoxy groups -OCH3 is 1. The number of ether oxygens (including phenoxy) is 1. The molecule has 1 aromatic rings. The summed E-state index contributed by atoms with van der Waals surface area (Å²) >= 11 is 0. The van der Waals surface area contributed by atoms with Gasteiger partial charge in [0.25, 0.3) is 0 Å². The standard InChI is InChI=1S/C8H9FO4S/c1-12-7-3-6(9)4-8(5-7)13-14(2,10)11/h3-5H,1-2H3. The summed E-state index contributed by atoms with van der Waals surface area (Å²) in [5.74, 6) is -0.531. The normalized spacial score (nSPS) is 11.1. The molecule has 0 N–H and O–H groups in total. The summed E-state index contributed by atoms with van der Waals surface area (Å²) in [6, 6.07) is 3.36. The molecule has 0 atom stereocenters. The Balaban J connectivity index is 3.04. The summed E-state index contributed by atoms with van der Waals surface area (Å²) in [6.45, 7) is 0. The molecular weight excluding hydrogens is 211 g/mol. The SMILES string of the molecule is COc1cc(F)cc(OS(C)(=O)=O)c1. The van der Waals surface area contributed by atoms with Crippen molar-refractivity contribution in [2.24, 2.45) is 0 Å². The molecule has 1 aromatic carbocycles. The predicted octanol–water partition coefficient (Wildman–Crippen LogP) is 1.17. The van der Waals surface area contributed by atoms with E-state index in [0.717, 1.165) is 18.4 Å². The van der Waals surface area contributed by atoms with E-state index in [1.165, 1.54) is 13.2 Å². The zero-order valence-electron chi connectivity index (χ0n) is 7.65. The van der Waals surface area contributed by atoms with E-state index in [-0.39, 0.29) is 11.5 Å². The molecule has 0 fully saturated rings. The van der Waals surface area contributed by atoms with E-state index < -0.39 is 15.9 Å². The highest BCUT2D eigenvalue weighted by molar-refractivity contribution is 7.86. The summed E-state index contributed by atoms with van der Waals surface area (Å²) in [4.78, 5) is 0. The Labute approximate surface area is 81.4 Å². The van der Waals surface area contributed by atoms with Gasteiger partial charge >= 0.3 is 10.1 Å². The highest BCUT2D eigenvalue weighted by Crippen LogP contribution is 2.22. The second-order valence-electron chi connectivity index (χ2n) is 2.61. The quantitative estimate of drug-likeness (QED) is 0.717. The number of halogens is 1. The van der Waals surface area contributed by atoms with Crippen molar-refractivity contribution in [3.05, 3.63) is 24.0 Å². The Morgan fingerprint density at radius 2 is 1.79 bits per heavy atom. The van der Waals surface area contributed by atoms with Crippen molar-refractivity contribution >= 4 is 10.1 Å². The summed E-state index contributed by atoms with van der Waals surface area (Å²) in [5, 5.41) is 0. The van der Waals surface area contributed by atoms with Crippen LogP contribution in [0.1, 0.15) is 0 Å². The average Bonchev–Trinajstić information content (AvgIpc) is 1.99. The highest BCUT2D eigenvalue weighted by atomic mass is 32.2. The first-order chi connectivity index (χ1) is 6.40. The van der Waals surface area contributed by atoms with Crippen LogP contribution in [0.3, 0.4) is 0 Å².